The van der Waals surface area contributed by atoms with Crippen LogP contribution in [0.2, 0.25) is 0 Å². The molecule has 0 N–H and O–H groups in total. The van der Waals surface area contributed by atoms with Gasteiger partial charge in [0.2, 0.25) is 0 Å². The van der Waals surface area contributed by atoms with Gasteiger partial charge in [-0.1, -0.05) is 296 Å². The topological polar surface area (TPSA) is 55.4 Å². The SMILES string of the molecule is BrCBr.BrCc1ccc(COCCOCCOCc2ccc(CBr)cc2)cc1.CCC.S=C(SCc1ccc(COCCOCCOCc2ccc(CSC(=S)c3ccccc3)cc2)cc1)c1ccccc1.S=C([S-])c1ccccc1.S=C=S.[Br-].[Br-].[Mg+2].[Mg+2].[c-]1ccccc1. The van der Waals surface area contributed by atoms with Crippen LogP contribution < -0.4 is 34.0 Å². The van der Waals surface area contributed by atoms with Crippen molar-refractivity contribution in [1.82, 2.24) is 0 Å². The van der Waals surface area contributed by atoms with Crippen molar-refractivity contribution < 1.29 is 62.4 Å². The van der Waals surface area contributed by atoms with Gasteiger partial charge in [-0.05, 0) is 85.6 Å². The van der Waals surface area contributed by atoms with E-state index in [9.17, 15) is 0 Å². The molecule has 0 saturated heterocycles. The molecule has 8 rings (SSSR count). The normalized spacial score (nSPS) is 9.51. The van der Waals surface area contributed by atoms with Crippen molar-refractivity contribution in [2.75, 3.05) is 57.1 Å². The molecular formula is C72H78Br6Mg2O6S8. The molecule has 0 spiro atoms. The van der Waals surface area contributed by atoms with E-state index in [0.29, 0.717) is 83.5 Å². The van der Waals surface area contributed by atoms with Gasteiger partial charge in [0.05, 0.1) is 91.9 Å². The van der Waals surface area contributed by atoms with E-state index < -0.39 is 0 Å². The molecule has 0 atom stereocenters. The van der Waals surface area contributed by atoms with Crippen LogP contribution in [0.4, 0.5) is 0 Å². The van der Waals surface area contributed by atoms with Crippen LogP contribution in [0.25, 0.3) is 0 Å². The van der Waals surface area contributed by atoms with E-state index in [1.165, 1.54) is 39.8 Å². The van der Waals surface area contributed by atoms with Gasteiger partial charge in [0.1, 0.15) is 0 Å². The van der Waals surface area contributed by atoms with Crippen LogP contribution in [-0.4, -0.2) is 120 Å². The van der Waals surface area contributed by atoms with Crippen molar-refractivity contribution in [1.29, 1.82) is 0 Å². The summed E-state index contributed by atoms with van der Waals surface area (Å²) in [5.41, 5.74) is 12.9. The maximum Gasteiger partial charge on any atom is 2.00 e. The van der Waals surface area contributed by atoms with E-state index in [2.05, 4.69) is 229 Å². The van der Waals surface area contributed by atoms with E-state index in [-0.39, 0.29) is 80.1 Å². The summed E-state index contributed by atoms with van der Waals surface area (Å²) in [7, 11) is 0. The Balaban J connectivity index is -0.00000132. The number of rotatable bonds is 29. The molecule has 0 unspecified atom stereocenters. The molecule has 94 heavy (non-hydrogen) atoms. The van der Waals surface area contributed by atoms with Crippen LogP contribution in [0.15, 0.2) is 218 Å². The fourth-order valence-electron chi connectivity index (χ4n) is 6.88. The second-order valence-electron chi connectivity index (χ2n) is 18.5. The first-order valence-electron chi connectivity index (χ1n) is 28.7. The van der Waals surface area contributed by atoms with E-state index >= 15 is 0 Å². The molecule has 0 heterocycles. The van der Waals surface area contributed by atoms with E-state index in [0.717, 1.165) is 62.6 Å². The fraction of sp³-hybridized carbons (Fsp3) is 0.278. The molecule has 0 bridgehead atoms. The number of ether oxygens (including phenoxy) is 6. The van der Waals surface area contributed by atoms with Gasteiger partial charge in [0, 0.05) is 26.5 Å². The molecule has 8 aromatic rings. The average Bonchev–Trinajstić information content (AvgIpc) is 2.00. The van der Waals surface area contributed by atoms with Crippen LogP contribution in [0.3, 0.4) is 0 Å². The predicted molar refractivity (Wildman–Crippen MR) is 431 cm³/mol. The third-order valence-corrected chi connectivity index (χ3v) is 16.2. The van der Waals surface area contributed by atoms with Crippen molar-refractivity contribution >= 4 is 224 Å². The standard InChI is InChI=1S/C34H34O3S4.C20H24Br2O3.C7H6S2.C6H5.C3H8.CH2Br2.CS2.2BrH.2Mg/c38-33(31-7-3-1-4-8-31)40-25-29-15-11-27(12-16-29)23-36-21-19-35-20-22-37-24-28-13-17-30(18-14-28)26-41-34(39)32-9-5-2-6-10-32;21-13-17-1-5-19(6-2-17)15-24-11-9-23-10-12-25-16-20-7-3-18(14-22)4-8-20;8-7(9)6-4-2-1-3-5-6;1-2-4-6-5-3-1;1-3-2;2*2-1-3;;;;/h1-18H,19-26H2;1-8H,9-16H2;1-5H,(H,8,9);1-5H;3H2,1-2H3;1H2;;2*1H;;/q;;;-1;;;;;;2*+2/p-3. The van der Waals surface area contributed by atoms with Gasteiger partial charge in [-0.15, -0.1) is 27.7 Å². The maximum atomic E-state index is 5.76. The van der Waals surface area contributed by atoms with Crippen LogP contribution in [0.5, 0.6) is 0 Å². The molecule has 0 amide bonds. The Morgan fingerprint density at radius 3 is 0.819 bits per heavy atom. The first kappa shape index (κ1) is 97.5. The molecular weight excluding hydrogens is 1750 g/mol. The second-order valence-corrected chi connectivity index (χ2v) is 27.3. The molecule has 0 aliphatic heterocycles. The number of benzene rings is 8. The molecule has 0 saturated carbocycles. The second kappa shape index (κ2) is 69.4. The molecule has 22 heteroatoms. The molecule has 0 aliphatic rings. The Bertz CT molecular complexity index is 2880. The van der Waals surface area contributed by atoms with Crippen molar-refractivity contribution in [2.45, 2.75) is 68.9 Å². The van der Waals surface area contributed by atoms with Gasteiger partial charge in [-0.2, -0.15) is 36.4 Å². The summed E-state index contributed by atoms with van der Waals surface area (Å²) in [6.07, 6.45) is 1.25. The molecule has 6 nitrogen and oxygen atoms in total. The molecule has 0 fully saturated rings. The largest absolute Gasteiger partial charge is 2.00 e. The van der Waals surface area contributed by atoms with Crippen molar-refractivity contribution in [3.8, 4) is 0 Å². The van der Waals surface area contributed by atoms with Gasteiger partial charge >= 0.3 is 46.1 Å². The number of halogens is 6. The van der Waals surface area contributed by atoms with Crippen molar-refractivity contribution in [2.24, 2.45) is 0 Å². The summed E-state index contributed by atoms with van der Waals surface area (Å²) in [6.45, 7) is 11.2. The molecule has 8 aromatic carbocycles. The minimum Gasteiger partial charge on any atom is -1.00 e. The number of thioether (sulfide) groups is 2. The number of hydrogen-bond donors (Lipinski definition) is 0. The van der Waals surface area contributed by atoms with E-state index in [4.69, 9.17) is 77.7 Å². The summed E-state index contributed by atoms with van der Waals surface area (Å²) in [4.78, 5) is 0. The average molecular weight is 1820 g/mol. The zero-order valence-electron chi connectivity index (χ0n) is 52.9. The van der Waals surface area contributed by atoms with Crippen LogP contribution in [0, 0.1) is 6.07 Å². The van der Waals surface area contributed by atoms with Gasteiger partial charge in [-0.3, -0.25) is 0 Å². The monoisotopic (exact) mass is 1820 g/mol. The van der Waals surface area contributed by atoms with Crippen molar-refractivity contribution in [3.05, 3.63) is 286 Å². The fourth-order valence-corrected chi connectivity index (χ4v) is 10.1. The van der Waals surface area contributed by atoms with Crippen LogP contribution in [0.1, 0.15) is 81.5 Å². The molecule has 0 aliphatic carbocycles. The zero-order chi connectivity index (χ0) is 65.3. The summed E-state index contributed by atoms with van der Waals surface area (Å²) in [6, 6.07) is 76.2. The predicted octanol–water partition coefficient (Wildman–Crippen LogP) is 14.7. The summed E-state index contributed by atoms with van der Waals surface area (Å²) in [5, 5.41) is 1.76. The van der Waals surface area contributed by atoms with Gasteiger partial charge < -0.3 is 87.2 Å². The smallest absolute Gasteiger partial charge is 1.00 e. The summed E-state index contributed by atoms with van der Waals surface area (Å²) < 4.78 is 39.1. The molecule has 496 valence electrons. The first-order chi connectivity index (χ1) is 44.0. The maximum absolute atomic E-state index is 5.76. The Morgan fingerprint density at radius 2 is 0.606 bits per heavy atom. The molecule has 0 radical (unpaired) electrons. The third-order valence-electron chi connectivity index (χ3n) is 11.3. The molecule has 0 aromatic heterocycles. The Hall–Kier alpha value is -0.658. The minimum atomic E-state index is 0. The number of thiocarbonyl (C=S) groups is 5. The summed E-state index contributed by atoms with van der Waals surface area (Å²) in [5.74, 6) is 1.72. The van der Waals surface area contributed by atoms with Crippen molar-refractivity contribution in [3.63, 3.8) is 0 Å². The number of alkyl halides is 4. The summed E-state index contributed by atoms with van der Waals surface area (Å²) >= 11 is 44.9. The first-order valence-corrected chi connectivity index (χ1v) is 37.6. The van der Waals surface area contributed by atoms with Crippen LogP contribution in [-0.2, 0) is 89.6 Å². The Kier molecular flexibility index (Phi) is 72.0. The van der Waals surface area contributed by atoms with E-state index in [1.54, 1.807) is 23.5 Å². The zero-order valence-corrected chi connectivity index (χ0v) is 71.8. The van der Waals surface area contributed by atoms with Gasteiger partial charge in [-0.25, -0.2) is 0 Å². The number of hydrogen-bond acceptors (Lipinski definition) is 14. The minimum absolute atomic E-state index is 0. The Morgan fingerprint density at radius 1 is 0.383 bits per heavy atom. The van der Waals surface area contributed by atoms with Gasteiger partial charge in [0.25, 0.3) is 0 Å². The quantitative estimate of drug-likeness (QED) is 0.0112. The van der Waals surface area contributed by atoms with E-state index in [1.807, 2.05) is 101 Å². The Labute approximate surface area is 689 Å². The van der Waals surface area contributed by atoms with Crippen LogP contribution >= 0.6 is 148 Å². The van der Waals surface area contributed by atoms with Gasteiger partial charge in [0.15, 0.2) is 0 Å². The third kappa shape index (κ3) is 52.3.